The lowest BCUT2D eigenvalue weighted by Crippen LogP contribution is -2.39. The minimum Gasteiger partial charge on any atom is -0.465 e. The maximum absolute atomic E-state index is 12.6. The summed E-state index contributed by atoms with van der Waals surface area (Å²) in [6, 6.07) is 6.07. The Hall–Kier alpha value is -3.17. The first-order valence-corrected chi connectivity index (χ1v) is 7.93. The molecule has 1 aromatic heterocycles. The molecule has 0 aliphatic rings. The molecule has 0 bridgehead atoms. The number of carboxylic acid groups (broad SMARTS) is 1. The second-order valence-corrected chi connectivity index (χ2v) is 5.54. The van der Waals surface area contributed by atoms with E-state index < -0.39 is 23.7 Å². The van der Waals surface area contributed by atoms with E-state index in [1.165, 1.54) is 24.5 Å². The zero-order valence-electron chi connectivity index (χ0n) is 14.3. The van der Waals surface area contributed by atoms with E-state index in [-0.39, 0.29) is 19.6 Å². The van der Waals surface area contributed by atoms with Crippen LogP contribution in [-0.4, -0.2) is 45.1 Å². The molecule has 1 aromatic carbocycles. The van der Waals surface area contributed by atoms with Crippen LogP contribution in [0.3, 0.4) is 0 Å². The van der Waals surface area contributed by atoms with E-state index in [0.29, 0.717) is 17.0 Å². The summed E-state index contributed by atoms with van der Waals surface area (Å²) in [6.45, 7) is 1.52. The SMILES string of the molecule is CCN(CC(=O)NCc1cc(-c2ccc(C(F)(F)F)cc2)ncn1)C(=O)O. The van der Waals surface area contributed by atoms with Gasteiger partial charge in [-0.05, 0) is 25.1 Å². The number of amides is 2. The third-order valence-corrected chi connectivity index (χ3v) is 3.69. The first-order chi connectivity index (χ1) is 12.7. The van der Waals surface area contributed by atoms with E-state index in [9.17, 15) is 22.8 Å². The normalized spacial score (nSPS) is 11.1. The van der Waals surface area contributed by atoms with Crippen LogP contribution in [-0.2, 0) is 17.5 Å². The number of halogens is 3. The van der Waals surface area contributed by atoms with E-state index in [4.69, 9.17) is 5.11 Å². The van der Waals surface area contributed by atoms with Crippen molar-refractivity contribution in [2.45, 2.75) is 19.6 Å². The van der Waals surface area contributed by atoms with Crippen molar-refractivity contribution in [3.8, 4) is 11.3 Å². The summed E-state index contributed by atoms with van der Waals surface area (Å²) in [5.41, 5.74) is 0.558. The predicted octanol–water partition coefficient (Wildman–Crippen LogP) is 2.78. The van der Waals surface area contributed by atoms with Gasteiger partial charge in [-0.25, -0.2) is 14.8 Å². The maximum Gasteiger partial charge on any atom is 0.416 e. The molecule has 0 saturated carbocycles. The summed E-state index contributed by atoms with van der Waals surface area (Å²) in [6.07, 6.45) is -4.37. The average Bonchev–Trinajstić information content (AvgIpc) is 2.64. The first-order valence-electron chi connectivity index (χ1n) is 7.93. The number of aromatic nitrogens is 2. The Morgan fingerprint density at radius 1 is 1.19 bits per heavy atom. The Kier molecular flexibility index (Phi) is 6.32. The van der Waals surface area contributed by atoms with Gasteiger partial charge < -0.3 is 10.4 Å². The largest absolute Gasteiger partial charge is 0.465 e. The Labute approximate surface area is 152 Å². The molecule has 0 unspecified atom stereocenters. The highest BCUT2D eigenvalue weighted by molar-refractivity contribution is 5.81. The van der Waals surface area contributed by atoms with Crippen molar-refractivity contribution in [2.75, 3.05) is 13.1 Å². The van der Waals surface area contributed by atoms with E-state index in [2.05, 4.69) is 15.3 Å². The highest BCUT2D eigenvalue weighted by Crippen LogP contribution is 2.30. The molecule has 2 rings (SSSR count). The summed E-state index contributed by atoms with van der Waals surface area (Å²) < 4.78 is 37.9. The molecular formula is C17H17F3N4O3. The Morgan fingerprint density at radius 3 is 2.41 bits per heavy atom. The van der Waals surface area contributed by atoms with Crippen molar-refractivity contribution >= 4 is 12.0 Å². The molecule has 1 heterocycles. The summed E-state index contributed by atoms with van der Waals surface area (Å²) in [7, 11) is 0. The molecule has 27 heavy (non-hydrogen) atoms. The minimum absolute atomic E-state index is 0.0339. The van der Waals surface area contributed by atoms with Gasteiger partial charge in [0.15, 0.2) is 0 Å². The molecular weight excluding hydrogens is 365 g/mol. The Morgan fingerprint density at radius 2 is 1.85 bits per heavy atom. The lowest BCUT2D eigenvalue weighted by atomic mass is 10.1. The van der Waals surface area contributed by atoms with Gasteiger partial charge in [-0.3, -0.25) is 9.69 Å². The molecule has 0 saturated heterocycles. The van der Waals surface area contributed by atoms with Crippen molar-refractivity contribution in [1.29, 1.82) is 0 Å². The van der Waals surface area contributed by atoms with Gasteiger partial charge in [0, 0.05) is 12.1 Å². The van der Waals surface area contributed by atoms with Crippen LogP contribution in [0, 0.1) is 0 Å². The quantitative estimate of drug-likeness (QED) is 0.801. The van der Waals surface area contributed by atoms with E-state index in [1.807, 2.05) is 0 Å². The fourth-order valence-electron chi connectivity index (χ4n) is 2.22. The van der Waals surface area contributed by atoms with Crippen LogP contribution in [0.25, 0.3) is 11.3 Å². The molecule has 0 aliphatic heterocycles. The number of nitrogens with one attached hydrogen (secondary N) is 1. The lowest BCUT2D eigenvalue weighted by Gasteiger charge is -2.16. The number of carbonyl (C=O) groups is 2. The van der Waals surface area contributed by atoms with Gasteiger partial charge in [-0.15, -0.1) is 0 Å². The van der Waals surface area contributed by atoms with Crippen LogP contribution in [0.4, 0.5) is 18.0 Å². The number of hydrogen-bond acceptors (Lipinski definition) is 4. The van der Waals surface area contributed by atoms with Gasteiger partial charge in [0.2, 0.25) is 5.91 Å². The average molecular weight is 382 g/mol. The maximum atomic E-state index is 12.6. The van der Waals surface area contributed by atoms with Crippen molar-refractivity contribution in [1.82, 2.24) is 20.2 Å². The second kappa shape index (κ2) is 8.47. The molecule has 2 amide bonds. The molecule has 10 heteroatoms. The van der Waals surface area contributed by atoms with Crippen LogP contribution in [0.5, 0.6) is 0 Å². The van der Waals surface area contributed by atoms with E-state index in [0.717, 1.165) is 17.0 Å². The van der Waals surface area contributed by atoms with Crippen LogP contribution in [0.15, 0.2) is 36.7 Å². The highest BCUT2D eigenvalue weighted by Gasteiger charge is 2.30. The van der Waals surface area contributed by atoms with Gasteiger partial charge in [-0.1, -0.05) is 12.1 Å². The fraction of sp³-hybridized carbons (Fsp3) is 0.294. The number of rotatable bonds is 6. The van der Waals surface area contributed by atoms with Crippen molar-refractivity contribution in [3.63, 3.8) is 0 Å². The number of likely N-dealkylation sites (N-methyl/N-ethyl adjacent to an activating group) is 1. The van der Waals surface area contributed by atoms with Crippen LogP contribution >= 0.6 is 0 Å². The molecule has 0 fully saturated rings. The minimum atomic E-state index is -4.41. The van der Waals surface area contributed by atoms with Gasteiger partial charge in [0.05, 0.1) is 23.5 Å². The van der Waals surface area contributed by atoms with Gasteiger partial charge in [0.25, 0.3) is 0 Å². The highest BCUT2D eigenvalue weighted by atomic mass is 19.4. The zero-order valence-corrected chi connectivity index (χ0v) is 14.3. The summed E-state index contributed by atoms with van der Waals surface area (Å²) >= 11 is 0. The molecule has 7 nitrogen and oxygen atoms in total. The fourth-order valence-corrected chi connectivity index (χ4v) is 2.22. The molecule has 0 atom stereocenters. The van der Waals surface area contributed by atoms with Crippen molar-refractivity contribution in [3.05, 3.63) is 47.9 Å². The summed E-state index contributed by atoms with van der Waals surface area (Å²) in [5, 5.41) is 11.4. The number of hydrogen-bond donors (Lipinski definition) is 2. The molecule has 0 radical (unpaired) electrons. The van der Waals surface area contributed by atoms with E-state index in [1.54, 1.807) is 6.92 Å². The number of carbonyl (C=O) groups excluding carboxylic acids is 1. The van der Waals surface area contributed by atoms with Gasteiger partial charge >= 0.3 is 12.3 Å². The second-order valence-electron chi connectivity index (χ2n) is 5.54. The third kappa shape index (κ3) is 5.66. The van der Waals surface area contributed by atoms with Crippen LogP contribution in [0.2, 0.25) is 0 Å². The van der Waals surface area contributed by atoms with E-state index >= 15 is 0 Å². The van der Waals surface area contributed by atoms with Gasteiger partial charge in [-0.2, -0.15) is 13.2 Å². The van der Waals surface area contributed by atoms with Crippen molar-refractivity contribution in [2.24, 2.45) is 0 Å². The zero-order chi connectivity index (χ0) is 20.0. The summed E-state index contributed by atoms with van der Waals surface area (Å²) in [5.74, 6) is -0.492. The standard InChI is InChI=1S/C17H17F3N4O3/c1-2-24(16(26)27)9-15(25)21-8-13-7-14(23-10-22-13)11-3-5-12(6-4-11)17(18,19)20/h3-7,10H,2,8-9H2,1H3,(H,21,25)(H,26,27). The van der Waals surface area contributed by atoms with Crippen LogP contribution in [0.1, 0.15) is 18.2 Å². The van der Waals surface area contributed by atoms with Gasteiger partial charge in [0.1, 0.15) is 12.9 Å². The number of alkyl halides is 3. The topological polar surface area (TPSA) is 95.4 Å². The molecule has 2 aromatic rings. The van der Waals surface area contributed by atoms with Crippen molar-refractivity contribution < 1.29 is 27.9 Å². The molecule has 0 spiro atoms. The molecule has 0 aliphatic carbocycles. The monoisotopic (exact) mass is 382 g/mol. The molecule has 2 N–H and O–H groups in total. The van der Waals surface area contributed by atoms with Crippen LogP contribution < -0.4 is 5.32 Å². The Balaban J connectivity index is 2.03. The summed E-state index contributed by atoms with van der Waals surface area (Å²) in [4.78, 5) is 31.7. The lowest BCUT2D eigenvalue weighted by molar-refractivity contribution is -0.137. The number of nitrogens with zero attached hydrogens (tertiary/aromatic N) is 3. The first kappa shape index (κ1) is 20.1. The smallest absolute Gasteiger partial charge is 0.416 e. The molecule has 144 valence electrons. The number of benzene rings is 1. The third-order valence-electron chi connectivity index (χ3n) is 3.69. The predicted molar refractivity (Wildman–Crippen MR) is 89.6 cm³/mol. The Bertz CT molecular complexity index is 810.